The van der Waals surface area contributed by atoms with Crippen LogP contribution in [0.5, 0.6) is 0 Å². The fourth-order valence-electron chi connectivity index (χ4n) is 3.16. The van der Waals surface area contributed by atoms with Gasteiger partial charge >= 0.3 is 0 Å². The fourth-order valence-corrected chi connectivity index (χ4v) is 3.16. The number of amides is 1. The Balaban J connectivity index is 1.70. The lowest BCUT2D eigenvalue weighted by atomic mass is 10.1. The van der Waals surface area contributed by atoms with Crippen LogP contribution < -0.4 is 5.32 Å². The SMILES string of the molecule is CC(C)c1nc2c(n1C)CCN([C@H](C)C(=O)Nc1ncccn1)C2. The van der Waals surface area contributed by atoms with E-state index in [-0.39, 0.29) is 11.9 Å². The van der Waals surface area contributed by atoms with E-state index in [2.05, 4.69) is 45.6 Å². The van der Waals surface area contributed by atoms with Gasteiger partial charge in [0.15, 0.2) is 0 Å². The third-order valence-electron chi connectivity index (χ3n) is 4.56. The molecule has 24 heavy (non-hydrogen) atoms. The van der Waals surface area contributed by atoms with Crippen LogP contribution >= 0.6 is 0 Å². The van der Waals surface area contributed by atoms with Crippen molar-refractivity contribution in [2.75, 3.05) is 11.9 Å². The van der Waals surface area contributed by atoms with Gasteiger partial charge in [-0.25, -0.2) is 15.0 Å². The quantitative estimate of drug-likeness (QED) is 0.925. The second-order valence-corrected chi connectivity index (χ2v) is 6.54. The molecule has 0 spiro atoms. The van der Waals surface area contributed by atoms with Gasteiger partial charge in [-0.3, -0.25) is 15.0 Å². The summed E-state index contributed by atoms with van der Waals surface area (Å²) >= 11 is 0. The van der Waals surface area contributed by atoms with E-state index in [1.165, 1.54) is 5.69 Å². The molecule has 3 rings (SSSR count). The van der Waals surface area contributed by atoms with Crippen molar-refractivity contribution in [3.63, 3.8) is 0 Å². The normalized spacial score (nSPS) is 16.0. The molecule has 0 saturated heterocycles. The molecule has 1 amide bonds. The maximum Gasteiger partial charge on any atom is 0.243 e. The Morgan fingerprint density at radius 3 is 2.62 bits per heavy atom. The highest BCUT2D eigenvalue weighted by Gasteiger charge is 2.29. The number of anilines is 1. The molecule has 0 fully saturated rings. The third kappa shape index (κ3) is 3.17. The minimum atomic E-state index is -0.258. The highest BCUT2D eigenvalue weighted by Crippen LogP contribution is 2.24. The lowest BCUT2D eigenvalue weighted by molar-refractivity contribution is -0.121. The standard InChI is InChI=1S/C17H24N6O/c1-11(2)15-20-13-10-23(9-6-14(13)22(15)4)12(3)16(24)21-17-18-7-5-8-19-17/h5,7-8,11-12H,6,9-10H2,1-4H3,(H,18,19,21,24)/t12-/m1/s1. The van der Waals surface area contributed by atoms with Gasteiger partial charge in [0, 0.05) is 50.6 Å². The number of fused-ring (bicyclic) bond motifs is 1. The molecule has 0 aromatic carbocycles. The van der Waals surface area contributed by atoms with Crippen LogP contribution in [0.2, 0.25) is 0 Å². The summed E-state index contributed by atoms with van der Waals surface area (Å²) in [6.07, 6.45) is 4.13. The molecule has 2 aromatic rings. The van der Waals surface area contributed by atoms with Crippen molar-refractivity contribution in [2.24, 2.45) is 7.05 Å². The molecule has 3 heterocycles. The van der Waals surface area contributed by atoms with Crippen LogP contribution in [0.15, 0.2) is 18.5 Å². The number of carbonyl (C=O) groups excluding carboxylic acids is 1. The lowest BCUT2D eigenvalue weighted by Gasteiger charge is -2.31. The van der Waals surface area contributed by atoms with Crippen molar-refractivity contribution in [3.05, 3.63) is 35.7 Å². The number of nitrogens with zero attached hydrogens (tertiary/aromatic N) is 5. The molecule has 0 bridgehead atoms. The Labute approximate surface area is 142 Å². The number of imidazole rings is 1. The molecular formula is C17H24N6O. The van der Waals surface area contributed by atoms with Crippen LogP contribution in [-0.4, -0.2) is 42.9 Å². The van der Waals surface area contributed by atoms with E-state index in [1.54, 1.807) is 18.5 Å². The number of nitrogens with one attached hydrogen (secondary N) is 1. The smallest absolute Gasteiger partial charge is 0.243 e. The molecule has 1 atom stereocenters. The number of rotatable bonds is 4. The van der Waals surface area contributed by atoms with Gasteiger partial charge in [0.25, 0.3) is 0 Å². The first-order valence-electron chi connectivity index (χ1n) is 8.33. The summed E-state index contributed by atoms with van der Waals surface area (Å²) in [5.74, 6) is 1.75. The van der Waals surface area contributed by atoms with Crippen molar-refractivity contribution >= 4 is 11.9 Å². The van der Waals surface area contributed by atoms with Gasteiger partial charge in [0.05, 0.1) is 11.7 Å². The first-order valence-corrected chi connectivity index (χ1v) is 8.33. The Morgan fingerprint density at radius 1 is 1.25 bits per heavy atom. The molecule has 7 nitrogen and oxygen atoms in total. The Morgan fingerprint density at radius 2 is 1.96 bits per heavy atom. The van der Waals surface area contributed by atoms with Crippen molar-refractivity contribution < 1.29 is 4.79 Å². The van der Waals surface area contributed by atoms with E-state index in [1.807, 2.05) is 6.92 Å². The lowest BCUT2D eigenvalue weighted by Crippen LogP contribution is -2.44. The Bertz CT molecular complexity index is 724. The largest absolute Gasteiger partial charge is 0.335 e. The number of carbonyl (C=O) groups is 1. The zero-order chi connectivity index (χ0) is 17.3. The van der Waals surface area contributed by atoms with Gasteiger partial charge < -0.3 is 4.57 Å². The zero-order valence-corrected chi connectivity index (χ0v) is 14.7. The van der Waals surface area contributed by atoms with Crippen LogP contribution in [0.3, 0.4) is 0 Å². The molecule has 7 heteroatoms. The number of hydrogen-bond donors (Lipinski definition) is 1. The zero-order valence-electron chi connectivity index (χ0n) is 14.7. The van der Waals surface area contributed by atoms with Crippen molar-refractivity contribution in [3.8, 4) is 0 Å². The van der Waals surface area contributed by atoms with Crippen LogP contribution in [0.1, 0.15) is 43.9 Å². The highest BCUT2D eigenvalue weighted by atomic mass is 16.2. The highest BCUT2D eigenvalue weighted by molar-refractivity contribution is 5.93. The fraction of sp³-hybridized carbons (Fsp3) is 0.529. The van der Waals surface area contributed by atoms with Crippen LogP contribution in [0, 0.1) is 0 Å². The average molecular weight is 328 g/mol. The maximum absolute atomic E-state index is 12.4. The van der Waals surface area contributed by atoms with E-state index in [0.29, 0.717) is 18.4 Å². The van der Waals surface area contributed by atoms with Crippen LogP contribution in [0.25, 0.3) is 0 Å². The molecule has 0 aliphatic carbocycles. The second-order valence-electron chi connectivity index (χ2n) is 6.54. The maximum atomic E-state index is 12.4. The van der Waals surface area contributed by atoms with Crippen molar-refractivity contribution in [2.45, 2.75) is 45.7 Å². The van der Waals surface area contributed by atoms with E-state index in [4.69, 9.17) is 4.98 Å². The predicted octanol–water partition coefficient (Wildman–Crippen LogP) is 1.72. The molecule has 1 aliphatic heterocycles. The molecule has 1 N–H and O–H groups in total. The number of aromatic nitrogens is 4. The van der Waals surface area contributed by atoms with Gasteiger partial charge in [-0.1, -0.05) is 13.8 Å². The minimum Gasteiger partial charge on any atom is -0.335 e. The van der Waals surface area contributed by atoms with Gasteiger partial charge in [-0.05, 0) is 13.0 Å². The van der Waals surface area contributed by atoms with E-state index >= 15 is 0 Å². The summed E-state index contributed by atoms with van der Waals surface area (Å²) in [5.41, 5.74) is 2.37. The van der Waals surface area contributed by atoms with Gasteiger partial charge in [-0.2, -0.15) is 0 Å². The summed E-state index contributed by atoms with van der Waals surface area (Å²) in [7, 11) is 2.08. The van der Waals surface area contributed by atoms with Gasteiger partial charge in [0.2, 0.25) is 11.9 Å². The average Bonchev–Trinajstić information content (AvgIpc) is 2.91. The summed E-state index contributed by atoms with van der Waals surface area (Å²) in [6, 6.07) is 1.46. The summed E-state index contributed by atoms with van der Waals surface area (Å²) in [6.45, 7) is 7.76. The van der Waals surface area contributed by atoms with Gasteiger partial charge in [-0.15, -0.1) is 0 Å². The summed E-state index contributed by atoms with van der Waals surface area (Å²) in [4.78, 5) is 27.5. The second kappa shape index (κ2) is 6.68. The first kappa shape index (κ1) is 16.6. The van der Waals surface area contributed by atoms with Crippen molar-refractivity contribution in [1.82, 2.24) is 24.4 Å². The molecule has 0 radical (unpaired) electrons. The van der Waals surface area contributed by atoms with Crippen molar-refractivity contribution in [1.29, 1.82) is 0 Å². The molecule has 1 aliphatic rings. The molecule has 128 valence electrons. The monoisotopic (exact) mass is 328 g/mol. The molecule has 0 saturated carbocycles. The molecule has 2 aromatic heterocycles. The number of hydrogen-bond acceptors (Lipinski definition) is 5. The molecule has 0 unspecified atom stereocenters. The van der Waals surface area contributed by atoms with Crippen LogP contribution in [0.4, 0.5) is 5.95 Å². The first-order chi connectivity index (χ1) is 11.5. The minimum absolute atomic E-state index is 0.0929. The van der Waals surface area contributed by atoms with Crippen LogP contribution in [-0.2, 0) is 24.8 Å². The van der Waals surface area contributed by atoms with E-state index < -0.39 is 0 Å². The predicted molar refractivity (Wildman–Crippen MR) is 91.5 cm³/mol. The van der Waals surface area contributed by atoms with Gasteiger partial charge in [0.1, 0.15) is 5.82 Å². The molecular weight excluding hydrogens is 304 g/mol. The third-order valence-corrected chi connectivity index (χ3v) is 4.56. The Hall–Kier alpha value is -2.28. The topological polar surface area (TPSA) is 75.9 Å². The van der Waals surface area contributed by atoms with E-state index in [0.717, 1.165) is 24.5 Å². The summed E-state index contributed by atoms with van der Waals surface area (Å²) < 4.78 is 2.21. The summed E-state index contributed by atoms with van der Waals surface area (Å²) in [5, 5.41) is 2.77. The Kier molecular flexibility index (Phi) is 4.62. The van der Waals surface area contributed by atoms with E-state index in [9.17, 15) is 4.79 Å².